The summed E-state index contributed by atoms with van der Waals surface area (Å²) in [7, 11) is 1.56. The van der Waals surface area contributed by atoms with Gasteiger partial charge in [-0.25, -0.2) is 9.18 Å². The molecule has 0 fully saturated rings. The summed E-state index contributed by atoms with van der Waals surface area (Å²) in [6.45, 7) is 0. The Bertz CT molecular complexity index is 5180. The molecule has 6 heterocycles. The number of amides is 1. The quantitative estimate of drug-likeness (QED) is 0.0143. The highest BCUT2D eigenvalue weighted by atomic mass is 35.5. The average Bonchev–Trinajstić information content (AvgIpc) is 1.66. The number of non-ortho nitro benzene ring substituents is 3. The Balaban J connectivity index is 0.000000156. The second-order valence-corrected chi connectivity index (χ2v) is 20.6. The van der Waals surface area contributed by atoms with Gasteiger partial charge in [-0.3, -0.25) is 95.5 Å². The first-order valence-electron chi connectivity index (χ1n) is 28.1. The summed E-state index contributed by atoms with van der Waals surface area (Å²) in [5.41, 5.74) is 12.9. The third-order valence-corrected chi connectivity index (χ3v) is 13.7. The van der Waals surface area contributed by atoms with Crippen LogP contribution in [0.3, 0.4) is 0 Å². The van der Waals surface area contributed by atoms with E-state index in [0.717, 1.165) is 4.68 Å². The summed E-state index contributed by atoms with van der Waals surface area (Å²) in [6, 6.07) is 39.5. The van der Waals surface area contributed by atoms with Crippen molar-refractivity contribution in [3.05, 3.63) is 276 Å². The topological polar surface area (TPSA) is 529 Å². The second-order valence-electron chi connectivity index (χ2n) is 19.8. The van der Waals surface area contributed by atoms with Crippen molar-refractivity contribution in [2.45, 2.75) is 0 Å². The number of halogens is 3. The van der Waals surface area contributed by atoms with Gasteiger partial charge in [0.2, 0.25) is 5.96 Å². The highest BCUT2D eigenvalue weighted by Crippen LogP contribution is 2.33. The van der Waals surface area contributed by atoms with E-state index < -0.39 is 49.0 Å². The number of primary amides is 1. The van der Waals surface area contributed by atoms with Crippen LogP contribution >= 0.6 is 23.2 Å². The minimum atomic E-state index is -1.05. The molecule has 0 atom stereocenters. The molecule has 11 N–H and O–H groups in total. The lowest BCUT2D eigenvalue weighted by Gasteiger charge is -2.00. The van der Waals surface area contributed by atoms with Crippen molar-refractivity contribution in [1.82, 2.24) is 49.9 Å². The van der Waals surface area contributed by atoms with Crippen LogP contribution in [0.2, 0.25) is 10.0 Å². The lowest BCUT2D eigenvalue weighted by atomic mass is 10.1. The molecule has 0 spiro atoms. The minimum Gasteiger partial charge on any atom is -0.497 e. The highest BCUT2D eigenvalue weighted by molar-refractivity contribution is 6.31. The number of aromatic amines is 6. The van der Waals surface area contributed by atoms with Crippen molar-refractivity contribution >= 4 is 97.8 Å². The summed E-state index contributed by atoms with van der Waals surface area (Å²) in [5.74, 6) is -0.201. The van der Waals surface area contributed by atoms with Crippen LogP contribution < -0.4 is 38.4 Å². The number of nitrogen functional groups attached to an aromatic ring is 1. The molecule has 502 valence electrons. The molecule has 0 radical (unpaired) electrons. The zero-order chi connectivity index (χ0) is 71.6. The Morgan fingerprint density at radius 3 is 1.36 bits per heavy atom. The number of H-pyrrole nitrogens is 6. The van der Waals surface area contributed by atoms with Gasteiger partial charge in [0.15, 0.2) is 22.7 Å². The molecule has 6 aromatic heterocycles. The number of rotatable bonds is 16. The third-order valence-electron chi connectivity index (χ3n) is 13.2. The van der Waals surface area contributed by atoms with Crippen LogP contribution in [0, 0.1) is 41.6 Å². The summed E-state index contributed by atoms with van der Waals surface area (Å²) in [5, 5.41) is 87.8. The normalized spacial score (nSPS) is 11.0. The van der Waals surface area contributed by atoms with Crippen LogP contribution in [0.1, 0.15) is 0 Å². The van der Waals surface area contributed by atoms with Crippen LogP contribution in [-0.2, 0) is 0 Å². The van der Waals surface area contributed by atoms with E-state index in [0.29, 0.717) is 71.2 Å². The maximum atomic E-state index is 12.9. The molecule has 0 aliphatic rings. The Kier molecular flexibility index (Phi) is 22.4. The number of hydrogen-bond donors (Lipinski definition) is 9. The molecule has 0 saturated carbocycles. The number of benzene rings is 6. The van der Waals surface area contributed by atoms with Gasteiger partial charge in [-0.1, -0.05) is 29.3 Å². The molecular formula is C61H45Cl2FN24O12. The number of azo groups is 4. The first kappa shape index (κ1) is 69.8. The SMILES string of the molecule is COc1ccc(N=Nc2c(-c3ccc([N+](=O)[O-])cc3)[nH][nH]c2=O)cc1.N=C(N)n1[nH]c(-c2ccc([N+](=O)[O-])cc2)c(N=Nc2cccc(Cl)c2)c1=O.NC(=O)n1[nH]c(-c2ccc([N+](=O)[O-])cc2)c(N=Nc2cncc(Cl)c2)c1=O.O=c1[nH][nH]c(-c2ccc(F)cc2)c1N=Nc1cccnc1. The van der Waals surface area contributed by atoms with E-state index in [4.69, 9.17) is 44.8 Å². The smallest absolute Gasteiger partial charge is 0.341 e. The first-order chi connectivity index (χ1) is 48.0. The number of aromatic nitrogens is 10. The first-order valence-corrected chi connectivity index (χ1v) is 28.8. The number of nitrogens with two attached hydrogens (primary N) is 2. The second kappa shape index (κ2) is 32.1. The molecule has 0 bridgehead atoms. The molecule has 12 rings (SSSR count). The fourth-order valence-corrected chi connectivity index (χ4v) is 8.79. The van der Waals surface area contributed by atoms with Crippen molar-refractivity contribution in [2.24, 2.45) is 52.4 Å². The van der Waals surface area contributed by atoms with E-state index >= 15 is 0 Å². The zero-order valence-electron chi connectivity index (χ0n) is 50.8. The number of nitrogens with one attached hydrogen (secondary N) is 7. The summed E-state index contributed by atoms with van der Waals surface area (Å²) in [6.07, 6.45) is 5.92. The number of nitro groups is 3. The third kappa shape index (κ3) is 17.6. The number of hydrogen-bond acceptors (Lipinski definition) is 23. The van der Waals surface area contributed by atoms with Gasteiger partial charge in [0.25, 0.3) is 28.2 Å². The number of nitro benzene ring substituents is 3. The highest BCUT2D eigenvalue weighted by Gasteiger charge is 2.22. The lowest BCUT2D eigenvalue weighted by molar-refractivity contribution is -0.385. The predicted molar refractivity (Wildman–Crippen MR) is 362 cm³/mol. The van der Waals surface area contributed by atoms with Crippen LogP contribution in [0.4, 0.5) is 71.7 Å². The number of nitrogens with zero attached hydrogens (tertiary/aromatic N) is 15. The van der Waals surface area contributed by atoms with E-state index in [-0.39, 0.29) is 62.7 Å². The molecule has 100 heavy (non-hydrogen) atoms. The van der Waals surface area contributed by atoms with Gasteiger partial charge in [-0.15, -0.1) is 30.7 Å². The van der Waals surface area contributed by atoms with Gasteiger partial charge in [0.05, 0.1) is 73.4 Å². The van der Waals surface area contributed by atoms with Crippen molar-refractivity contribution in [2.75, 3.05) is 7.11 Å². The monoisotopic (exact) mass is 1390 g/mol. The van der Waals surface area contributed by atoms with E-state index in [1.165, 1.54) is 110 Å². The average molecular weight is 1400 g/mol. The maximum absolute atomic E-state index is 12.9. The standard InChI is InChI=1S/C16H12ClN7O3.C16H13N5O4.C15H10ClN7O4.C14H10FN5O/c17-10-2-1-3-11(8-10)20-21-14-13(22-23(15(14)25)16(18)19)9-4-6-12(7-5-9)24(26)27;1-25-13-8-4-11(5-9-13)17-19-15-14(18-20-16(15)22)10-2-6-12(7-3-10)21(23)24;16-9-5-10(7-18-6-9)19-20-13-12(21-22(14(13)24)15(17)25)8-1-3-11(4-2-8)23(26)27;15-10-5-3-9(4-6-10)12-13(14(21)20-18-12)19-17-11-2-1-7-16-8-11/h1-8,22H,(H3,18,19);2-9H,1H3,(H2,18,20,22);1-7,21H,(H2,17,25);1-8H,(H2,18,20,21). The van der Waals surface area contributed by atoms with Crippen molar-refractivity contribution < 1.29 is 28.7 Å². The largest absolute Gasteiger partial charge is 0.497 e. The van der Waals surface area contributed by atoms with E-state index in [1.807, 2.05) is 0 Å². The molecule has 6 aromatic carbocycles. The Labute approximate surface area is 565 Å². The van der Waals surface area contributed by atoms with Crippen LogP contribution in [0.15, 0.2) is 249 Å². The molecular weight excluding hydrogens is 1350 g/mol. The van der Waals surface area contributed by atoms with E-state index in [9.17, 15) is 58.7 Å². The Morgan fingerprint density at radius 2 is 0.910 bits per heavy atom. The molecule has 36 nitrogen and oxygen atoms in total. The predicted octanol–water partition coefficient (Wildman–Crippen LogP) is 13.7. The van der Waals surface area contributed by atoms with Gasteiger partial charge in [0.1, 0.15) is 22.9 Å². The number of carbonyl (C=O) groups is 1. The lowest BCUT2D eigenvalue weighted by Crippen LogP contribution is -2.30. The molecule has 0 saturated heterocycles. The molecule has 0 aliphatic carbocycles. The van der Waals surface area contributed by atoms with Gasteiger partial charge < -0.3 is 16.2 Å². The zero-order valence-corrected chi connectivity index (χ0v) is 52.3. The van der Waals surface area contributed by atoms with Crippen molar-refractivity contribution in [1.29, 1.82) is 5.41 Å². The molecule has 12 aromatic rings. The van der Waals surface area contributed by atoms with Crippen LogP contribution in [-0.4, -0.2) is 83.8 Å². The molecule has 0 aliphatic heterocycles. The van der Waals surface area contributed by atoms with E-state index in [1.54, 1.807) is 86.1 Å². The van der Waals surface area contributed by atoms with Crippen LogP contribution in [0.5, 0.6) is 5.75 Å². The van der Waals surface area contributed by atoms with Gasteiger partial charge in [-0.05, 0) is 121 Å². The van der Waals surface area contributed by atoms with Gasteiger partial charge in [-0.2, -0.15) is 19.6 Å². The molecule has 1 amide bonds. The van der Waals surface area contributed by atoms with Crippen molar-refractivity contribution in [3.8, 4) is 50.8 Å². The van der Waals surface area contributed by atoms with Gasteiger partial charge >= 0.3 is 17.1 Å². The fraction of sp³-hybridized carbons (Fsp3) is 0.0164. The number of pyridine rings is 2. The fourth-order valence-electron chi connectivity index (χ4n) is 8.43. The molecule has 39 heteroatoms. The number of methoxy groups -OCH3 is 1. The molecule has 0 unspecified atom stereocenters. The van der Waals surface area contributed by atoms with Crippen molar-refractivity contribution in [3.63, 3.8) is 0 Å². The number of carbonyl (C=O) groups excluding carboxylic acids is 1. The van der Waals surface area contributed by atoms with Gasteiger partial charge in [0, 0.05) is 76.1 Å². The minimum absolute atomic E-state index is 0.0389. The summed E-state index contributed by atoms with van der Waals surface area (Å²) < 4.78 is 19.4. The summed E-state index contributed by atoms with van der Waals surface area (Å²) >= 11 is 11.7. The van der Waals surface area contributed by atoms with Crippen LogP contribution in [0.25, 0.3) is 45.0 Å². The van der Waals surface area contributed by atoms with E-state index in [2.05, 4.69) is 81.5 Å². The maximum Gasteiger partial charge on any atom is 0.341 e. The Hall–Kier alpha value is -14.5. The Morgan fingerprint density at radius 1 is 0.490 bits per heavy atom. The summed E-state index contributed by atoms with van der Waals surface area (Å²) in [4.78, 5) is 98.5. The number of ether oxygens (including phenoxy) is 1.